The van der Waals surface area contributed by atoms with Crippen molar-refractivity contribution in [1.29, 1.82) is 0 Å². The minimum atomic E-state index is -1.02. The van der Waals surface area contributed by atoms with Crippen LogP contribution in [0.15, 0.2) is 0 Å². The molecule has 1 fully saturated rings. The second-order valence-corrected chi connectivity index (χ2v) is 3.78. The number of esters is 1. The summed E-state index contributed by atoms with van der Waals surface area (Å²) in [7, 11) is 0. The number of ketones is 1. The Balaban J connectivity index is 2.80. The molecule has 4 heteroatoms. The standard InChI is InChI=1S/C11H16O4/c1-2-15-10(14)11(7-4-8-12)6-3-5-9(11)13/h8H,2-7H2,1H3. The van der Waals surface area contributed by atoms with E-state index in [0.29, 0.717) is 19.3 Å². The van der Waals surface area contributed by atoms with Gasteiger partial charge in [0.15, 0.2) is 0 Å². The highest BCUT2D eigenvalue weighted by molar-refractivity contribution is 6.05. The molecule has 1 rings (SSSR count). The fourth-order valence-corrected chi connectivity index (χ4v) is 2.09. The van der Waals surface area contributed by atoms with Crippen molar-refractivity contribution in [3.05, 3.63) is 0 Å². The number of rotatable bonds is 5. The molecule has 0 amide bonds. The van der Waals surface area contributed by atoms with Gasteiger partial charge in [0.2, 0.25) is 0 Å². The molecular weight excluding hydrogens is 196 g/mol. The van der Waals surface area contributed by atoms with E-state index in [0.717, 1.165) is 12.7 Å². The van der Waals surface area contributed by atoms with Crippen molar-refractivity contribution < 1.29 is 19.1 Å². The summed E-state index contributed by atoms with van der Waals surface area (Å²) in [6, 6.07) is 0. The van der Waals surface area contributed by atoms with Crippen LogP contribution < -0.4 is 0 Å². The number of hydrogen-bond donors (Lipinski definition) is 0. The minimum Gasteiger partial charge on any atom is -0.465 e. The molecule has 4 nitrogen and oxygen atoms in total. The predicted octanol–water partition coefficient (Wildman–Crippen LogP) is 1.27. The smallest absolute Gasteiger partial charge is 0.319 e. The summed E-state index contributed by atoms with van der Waals surface area (Å²) in [5.74, 6) is -0.517. The van der Waals surface area contributed by atoms with Crippen LogP contribution in [0.3, 0.4) is 0 Å². The Morgan fingerprint density at radius 1 is 1.60 bits per heavy atom. The van der Waals surface area contributed by atoms with Gasteiger partial charge in [-0.1, -0.05) is 0 Å². The van der Waals surface area contributed by atoms with Gasteiger partial charge in [-0.3, -0.25) is 9.59 Å². The molecule has 0 aliphatic heterocycles. The first-order chi connectivity index (χ1) is 7.17. The number of carbonyl (C=O) groups is 3. The first kappa shape index (κ1) is 11.9. The minimum absolute atomic E-state index is 0.0669. The molecule has 1 aliphatic carbocycles. The summed E-state index contributed by atoms with van der Waals surface area (Å²) in [6.45, 7) is 1.99. The molecule has 0 aromatic heterocycles. The highest BCUT2D eigenvalue weighted by atomic mass is 16.5. The Morgan fingerprint density at radius 2 is 2.33 bits per heavy atom. The van der Waals surface area contributed by atoms with Crippen LogP contribution in [0.25, 0.3) is 0 Å². The molecule has 0 aromatic rings. The Bertz CT molecular complexity index is 272. The van der Waals surface area contributed by atoms with Crippen LogP contribution in [0.2, 0.25) is 0 Å². The molecule has 0 radical (unpaired) electrons. The van der Waals surface area contributed by atoms with E-state index in [4.69, 9.17) is 4.74 Å². The van der Waals surface area contributed by atoms with Crippen molar-refractivity contribution in [2.75, 3.05) is 6.61 Å². The van der Waals surface area contributed by atoms with E-state index in [1.54, 1.807) is 6.92 Å². The average molecular weight is 212 g/mol. The van der Waals surface area contributed by atoms with E-state index < -0.39 is 11.4 Å². The SMILES string of the molecule is CCOC(=O)C1(CCC=O)CCCC1=O. The maximum absolute atomic E-state index is 11.7. The van der Waals surface area contributed by atoms with Crippen LogP contribution >= 0.6 is 0 Å². The van der Waals surface area contributed by atoms with Gasteiger partial charge in [0.05, 0.1) is 6.61 Å². The fourth-order valence-electron chi connectivity index (χ4n) is 2.09. The Hall–Kier alpha value is -1.19. The van der Waals surface area contributed by atoms with Gasteiger partial charge >= 0.3 is 5.97 Å². The summed E-state index contributed by atoms with van der Waals surface area (Å²) in [4.78, 5) is 33.8. The van der Waals surface area contributed by atoms with E-state index in [-0.39, 0.29) is 18.8 Å². The lowest BCUT2D eigenvalue weighted by Crippen LogP contribution is -2.37. The van der Waals surface area contributed by atoms with Crippen molar-refractivity contribution in [1.82, 2.24) is 0 Å². The molecule has 0 saturated heterocycles. The molecule has 1 unspecified atom stereocenters. The number of carbonyl (C=O) groups excluding carboxylic acids is 3. The number of hydrogen-bond acceptors (Lipinski definition) is 4. The summed E-state index contributed by atoms with van der Waals surface area (Å²) < 4.78 is 4.92. The van der Waals surface area contributed by atoms with Gasteiger partial charge in [-0.25, -0.2) is 0 Å². The zero-order valence-electron chi connectivity index (χ0n) is 8.95. The Morgan fingerprint density at radius 3 is 2.80 bits per heavy atom. The van der Waals surface area contributed by atoms with Crippen molar-refractivity contribution in [3.8, 4) is 0 Å². The Labute approximate surface area is 89.0 Å². The van der Waals surface area contributed by atoms with E-state index in [1.807, 2.05) is 0 Å². The maximum Gasteiger partial charge on any atom is 0.319 e. The van der Waals surface area contributed by atoms with Gasteiger partial charge in [0.25, 0.3) is 0 Å². The van der Waals surface area contributed by atoms with Crippen LogP contribution in [0.4, 0.5) is 0 Å². The second-order valence-electron chi connectivity index (χ2n) is 3.78. The molecule has 0 aromatic carbocycles. The van der Waals surface area contributed by atoms with Gasteiger partial charge in [-0.2, -0.15) is 0 Å². The quantitative estimate of drug-likeness (QED) is 0.391. The second kappa shape index (κ2) is 5.05. The first-order valence-corrected chi connectivity index (χ1v) is 5.31. The lowest BCUT2D eigenvalue weighted by atomic mass is 9.81. The third-order valence-corrected chi connectivity index (χ3v) is 2.90. The van der Waals surface area contributed by atoms with Crippen LogP contribution in [-0.2, 0) is 19.1 Å². The number of ether oxygens (including phenoxy) is 1. The third-order valence-electron chi connectivity index (χ3n) is 2.90. The predicted molar refractivity (Wildman–Crippen MR) is 53.2 cm³/mol. The highest BCUT2D eigenvalue weighted by Crippen LogP contribution is 2.40. The van der Waals surface area contributed by atoms with Crippen molar-refractivity contribution in [2.45, 2.75) is 39.0 Å². The first-order valence-electron chi connectivity index (χ1n) is 5.31. The number of Topliss-reactive ketones (excluding diaryl/α,β-unsaturated/α-hetero) is 1. The van der Waals surface area contributed by atoms with Crippen molar-refractivity contribution >= 4 is 18.0 Å². The summed E-state index contributed by atoms with van der Waals surface area (Å²) in [5, 5.41) is 0. The van der Waals surface area contributed by atoms with Gasteiger partial charge in [-0.05, 0) is 26.2 Å². The molecule has 84 valence electrons. The highest BCUT2D eigenvalue weighted by Gasteiger charge is 2.49. The van der Waals surface area contributed by atoms with E-state index in [1.165, 1.54) is 0 Å². The number of aldehydes is 1. The monoisotopic (exact) mass is 212 g/mol. The van der Waals surface area contributed by atoms with E-state index in [9.17, 15) is 14.4 Å². The lowest BCUT2D eigenvalue weighted by Gasteiger charge is -2.23. The topological polar surface area (TPSA) is 60.4 Å². The van der Waals surface area contributed by atoms with Gasteiger partial charge in [0, 0.05) is 12.8 Å². The fraction of sp³-hybridized carbons (Fsp3) is 0.727. The lowest BCUT2D eigenvalue weighted by molar-refractivity contribution is -0.159. The maximum atomic E-state index is 11.7. The zero-order chi connectivity index (χ0) is 11.3. The zero-order valence-corrected chi connectivity index (χ0v) is 8.95. The van der Waals surface area contributed by atoms with Gasteiger partial charge < -0.3 is 9.53 Å². The van der Waals surface area contributed by atoms with E-state index >= 15 is 0 Å². The molecule has 1 atom stereocenters. The summed E-state index contributed by atoms with van der Waals surface area (Å²) in [5.41, 5.74) is -1.02. The van der Waals surface area contributed by atoms with Crippen LogP contribution in [0, 0.1) is 5.41 Å². The normalized spacial score (nSPS) is 25.3. The van der Waals surface area contributed by atoms with E-state index in [2.05, 4.69) is 0 Å². The third kappa shape index (κ3) is 2.25. The molecule has 0 heterocycles. The molecule has 1 aliphatic rings. The van der Waals surface area contributed by atoms with Crippen molar-refractivity contribution in [2.24, 2.45) is 5.41 Å². The molecule has 15 heavy (non-hydrogen) atoms. The molecular formula is C11H16O4. The summed E-state index contributed by atoms with van der Waals surface area (Å²) >= 11 is 0. The van der Waals surface area contributed by atoms with Gasteiger partial charge in [0.1, 0.15) is 17.5 Å². The van der Waals surface area contributed by atoms with Crippen LogP contribution in [-0.4, -0.2) is 24.6 Å². The molecule has 0 N–H and O–H groups in total. The van der Waals surface area contributed by atoms with Crippen LogP contribution in [0.1, 0.15) is 39.0 Å². The average Bonchev–Trinajstić information content (AvgIpc) is 2.58. The Kier molecular flexibility index (Phi) is 4.00. The molecule has 0 spiro atoms. The van der Waals surface area contributed by atoms with Crippen LogP contribution in [0.5, 0.6) is 0 Å². The molecule has 1 saturated carbocycles. The molecule has 0 bridgehead atoms. The largest absolute Gasteiger partial charge is 0.465 e. The van der Waals surface area contributed by atoms with Gasteiger partial charge in [-0.15, -0.1) is 0 Å². The summed E-state index contributed by atoms with van der Waals surface area (Å²) in [6.07, 6.45) is 2.96. The van der Waals surface area contributed by atoms with Crippen molar-refractivity contribution in [3.63, 3.8) is 0 Å².